The van der Waals surface area contributed by atoms with Crippen molar-refractivity contribution in [1.29, 1.82) is 0 Å². The van der Waals surface area contributed by atoms with E-state index >= 15 is 0 Å². The van der Waals surface area contributed by atoms with Gasteiger partial charge in [-0.25, -0.2) is 0 Å². The average molecular weight is 212 g/mol. The van der Waals surface area contributed by atoms with E-state index in [4.69, 9.17) is 0 Å². The lowest BCUT2D eigenvalue weighted by Gasteiger charge is -2.41. The summed E-state index contributed by atoms with van der Waals surface area (Å²) >= 11 is 0. The number of nitrogens with one attached hydrogen (secondary N) is 1. The van der Waals surface area contributed by atoms with E-state index in [0.29, 0.717) is 11.5 Å². The Morgan fingerprint density at radius 1 is 1.20 bits per heavy atom. The van der Waals surface area contributed by atoms with Crippen LogP contribution in [-0.2, 0) is 0 Å². The van der Waals surface area contributed by atoms with Gasteiger partial charge in [0, 0.05) is 6.04 Å². The number of piperidine rings is 1. The zero-order valence-corrected chi connectivity index (χ0v) is 11.1. The number of hydrogen-bond donors (Lipinski definition) is 1. The molecule has 2 unspecified atom stereocenters. The summed E-state index contributed by atoms with van der Waals surface area (Å²) in [7, 11) is 2.04. The molecule has 0 aromatic carbocycles. The first-order valence-electron chi connectivity index (χ1n) is 6.35. The van der Waals surface area contributed by atoms with Gasteiger partial charge in [-0.3, -0.25) is 0 Å². The van der Waals surface area contributed by atoms with Crippen LogP contribution in [-0.4, -0.2) is 37.6 Å². The smallest absolute Gasteiger partial charge is 0.0105 e. The van der Waals surface area contributed by atoms with Gasteiger partial charge < -0.3 is 10.2 Å². The Kier molecular flexibility index (Phi) is 4.60. The van der Waals surface area contributed by atoms with Gasteiger partial charge in [-0.1, -0.05) is 20.8 Å². The van der Waals surface area contributed by atoms with Gasteiger partial charge in [0.1, 0.15) is 0 Å². The minimum absolute atomic E-state index is 0.572. The van der Waals surface area contributed by atoms with Crippen LogP contribution >= 0.6 is 0 Å². The van der Waals surface area contributed by atoms with Crippen LogP contribution in [0.25, 0.3) is 0 Å². The Labute approximate surface area is 95.4 Å². The second kappa shape index (κ2) is 5.31. The zero-order chi connectivity index (χ0) is 11.5. The van der Waals surface area contributed by atoms with Gasteiger partial charge in [0.25, 0.3) is 0 Å². The van der Waals surface area contributed by atoms with E-state index in [1.165, 1.54) is 25.9 Å². The largest absolute Gasteiger partial charge is 0.319 e. The number of likely N-dealkylation sites (tertiary alicyclic amines) is 1. The van der Waals surface area contributed by atoms with Crippen molar-refractivity contribution in [2.45, 2.75) is 46.6 Å². The third-order valence-electron chi connectivity index (χ3n) is 4.08. The van der Waals surface area contributed by atoms with Crippen molar-refractivity contribution in [3.8, 4) is 0 Å². The fraction of sp³-hybridized carbons (Fsp3) is 1.00. The summed E-state index contributed by atoms with van der Waals surface area (Å²) in [6.45, 7) is 13.2. The van der Waals surface area contributed by atoms with Crippen molar-refractivity contribution in [2.24, 2.45) is 11.3 Å². The normalized spacial score (nSPS) is 26.2. The molecule has 0 spiro atoms. The Bertz CT molecular complexity index is 179. The van der Waals surface area contributed by atoms with Gasteiger partial charge in [-0.2, -0.15) is 0 Å². The fourth-order valence-electron chi connectivity index (χ4n) is 2.39. The lowest BCUT2D eigenvalue weighted by Crippen LogP contribution is -2.46. The standard InChI is InChI=1S/C13H28N2/c1-11(10-14-5)12(2)15-8-6-13(3,4)7-9-15/h11-12,14H,6-10H2,1-5H3. The Hall–Kier alpha value is -0.0800. The van der Waals surface area contributed by atoms with E-state index in [9.17, 15) is 0 Å². The number of hydrogen-bond acceptors (Lipinski definition) is 2. The minimum atomic E-state index is 0.572. The van der Waals surface area contributed by atoms with Gasteiger partial charge in [-0.05, 0) is 57.8 Å². The van der Waals surface area contributed by atoms with Crippen LogP contribution in [0.1, 0.15) is 40.5 Å². The molecule has 0 amide bonds. The highest BCUT2D eigenvalue weighted by atomic mass is 15.2. The van der Waals surface area contributed by atoms with Crippen LogP contribution in [0.5, 0.6) is 0 Å². The fourth-order valence-corrected chi connectivity index (χ4v) is 2.39. The van der Waals surface area contributed by atoms with Crippen LogP contribution in [0.4, 0.5) is 0 Å². The van der Waals surface area contributed by atoms with Crippen molar-refractivity contribution in [3.05, 3.63) is 0 Å². The molecule has 90 valence electrons. The van der Waals surface area contributed by atoms with E-state index in [1.807, 2.05) is 7.05 Å². The van der Waals surface area contributed by atoms with Gasteiger partial charge in [0.05, 0.1) is 0 Å². The molecule has 15 heavy (non-hydrogen) atoms. The predicted molar refractivity (Wildman–Crippen MR) is 67.1 cm³/mol. The summed E-state index contributed by atoms with van der Waals surface area (Å²) in [6.07, 6.45) is 2.70. The third-order valence-corrected chi connectivity index (χ3v) is 4.08. The second-order valence-corrected chi connectivity index (χ2v) is 5.98. The highest BCUT2D eigenvalue weighted by Crippen LogP contribution is 2.31. The summed E-state index contributed by atoms with van der Waals surface area (Å²) < 4.78 is 0. The Balaban J connectivity index is 2.39. The molecule has 2 nitrogen and oxygen atoms in total. The molecule has 0 aliphatic carbocycles. The number of nitrogens with zero attached hydrogens (tertiary/aromatic N) is 1. The summed E-state index contributed by atoms with van der Waals surface area (Å²) in [5, 5.41) is 3.28. The van der Waals surface area contributed by atoms with Gasteiger partial charge in [0.15, 0.2) is 0 Å². The van der Waals surface area contributed by atoms with Gasteiger partial charge >= 0.3 is 0 Å². The molecule has 1 heterocycles. The molecule has 1 fully saturated rings. The molecule has 2 heteroatoms. The molecule has 1 aliphatic heterocycles. The topological polar surface area (TPSA) is 15.3 Å². The molecule has 0 bridgehead atoms. The van der Waals surface area contributed by atoms with Crippen molar-refractivity contribution >= 4 is 0 Å². The molecule has 0 radical (unpaired) electrons. The molecule has 0 aromatic rings. The van der Waals surface area contributed by atoms with E-state index in [2.05, 4.69) is 37.9 Å². The van der Waals surface area contributed by atoms with Crippen LogP contribution in [0.15, 0.2) is 0 Å². The lowest BCUT2D eigenvalue weighted by atomic mass is 9.82. The molecule has 1 rings (SSSR count). The van der Waals surface area contributed by atoms with Crippen LogP contribution in [0, 0.1) is 11.3 Å². The molecule has 1 N–H and O–H groups in total. The third kappa shape index (κ3) is 3.76. The maximum Gasteiger partial charge on any atom is 0.0105 e. The molecule has 2 atom stereocenters. The Morgan fingerprint density at radius 3 is 2.20 bits per heavy atom. The Morgan fingerprint density at radius 2 is 1.73 bits per heavy atom. The van der Waals surface area contributed by atoms with Crippen molar-refractivity contribution in [2.75, 3.05) is 26.7 Å². The molecule has 1 saturated heterocycles. The minimum Gasteiger partial charge on any atom is -0.319 e. The van der Waals surface area contributed by atoms with E-state index in [0.717, 1.165) is 12.5 Å². The second-order valence-electron chi connectivity index (χ2n) is 5.98. The van der Waals surface area contributed by atoms with Crippen LogP contribution in [0.3, 0.4) is 0 Å². The van der Waals surface area contributed by atoms with E-state index in [1.54, 1.807) is 0 Å². The maximum absolute atomic E-state index is 3.28. The quantitative estimate of drug-likeness (QED) is 0.769. The van der Waals surface area contributed by atoms with Crippen LogP contribution in [0.2, 0.25) is 0 Å². The highest BCUT2D eigenvalue weighted by Gasteiger charge is 2.29. The van der Waals surface area contributed by atoms with E-state index in [-0.39, 0.29) is 0 Å². The molecule has 0 aromatic heterocycles. The number of rotatable bonds is 4. The molecular formula is C13H28N2. The zero-order valence-electron chi connectivity index (χ0n) is 11.1. The van der Waals surface area contributed by atoms with Crippen molar-refractivity contribution < 1.29 is 0 Å². The summed E-state index contributed by atoms with van der Waals surface area (Å²) in [6, 6.07) is 0.716. The lowest BCUT2D eigenvalue weighted by molar-refractivity contribution is 0.0782. The van der Waals surface area contributed by atoms with Crippen molar-refractivity contribution in [3.63, 3.8) is 0 Å². The first-order chi connectivity index (χ1) is 6.96. The van der Waals surface area contributed by atoms with E-state index < -0.39 is 0 Å². The van der Waals surface area contributed by atoms with Crippen LogP contribution < -0.4 is 5.32 Å². The maximum atomic E-state index is 3.28. The monoisotopic (exact) mass is 212 g/mol. The summed E-state index contributed by atoms with van der Waals surface area (Å²) in [5.74, 6) is 0.746. The summed E-state index contributed by atoms with van der Waals surface area (Å²) in [4.78, 5) is 2.66. The molecular weight excluding hydrogens is 184 g/mol. The predicted octanol–water partition coefficient (Wildman–Crippen LogP) is 2.35. The summed E-state index contributed by atoms with van der Waals surface area (Å²) in [5.41, 5.74) is 0.572. The first-order valence-corrected chi connectivity index (χ1v) is 6.35. The average Bonchev–Trinajstić information content (AvgIpc) is 2.17. The van der Waals surface area contributed by atoms with Crippen molar-refractivity contribution in [1.82, 2.24) is 10.2 Å². The first kappa shape index (κ1) is 13.0. The SMILES string of the molecule is CNCC(C)C(C)N1CCC(C)(C)CC1. The van der Waals surface area contributed by atoms with Gasteiger partial charge in [-0.15, -0.1) is 0 Å². The molecule has 0 saturated carbocycles. The highest BCUT2D eigenvalue weighted by molar-refractivity contribution is 4.83. The molecule has 1 aliphatic rings. The van der Waals surface area contributed by atoms with Gasteiger partial charge in [0.2, 0.25) is 0 Å².